The van der Waals surface area contributed by atoms with Gasteiger partial charge in [-0.15, -0.1) is 0 Å². The number of ether oxygens (including phenoxy) is 2. The Bertz CT molecular complexity index is 1320. The molecular weight excluding hydrogens is 490 g/mol. The summed E-state index contributed by atoms with van der Waals surface area (Å²) in [5.74, 6) is 1.43. The summed E-state index contributed by atoms with van der Waals surface area (Å²) in [6, 6.07) is 23.0. The molecule has 1 N–H and O–H groups in total. The van der Waals surface area contributed by atoms with Crippen LogP contribution in [0.4, 0.5) is 5.69 Å². The third-order valence-electron chi connectivity index (χ3n) is 6.80. The molecule has 0 spiro atoms. The number of amides is 2. The first-order chi connectivity index (χ1) is 18.8. The molecule has 7 heteroatoms. The molecule has 1 radical (unpaired) electrons. The Kier molecular flexibility index (Phi) is 9.26. The van der Waals surface area contributed by atoms with E-state index in [2.05, 4.69) is 24.5 Å². The van der Waals surface area contributed by atoms with Crippen LogP contribution in [0.15, 0.2) is 79.0 Å². The van der Waals surface area contributed by atoms with E-state index in [0.29, 0.717) is 36.9 Å². The lowest BCUT2D eigenvalue weighted by molar-refractivity contribution is -0.131. The van der Waals surface area contributed by atoms with Crippen molar-refractivity contribution in [2.75, 3.05) is 20.3 Å². The molecule has 3 aromatic carbocycles. The SMILES string of the molecule is COc1ccccc1CN(CC(CC1=C[N]c2ccccc21)NC(=O)COc1ccc(C(C)C)cc1)C(C)=O. The molecule has 0 saturated heterocycles. The van der Waals surface area contributed by atoms with Crippen LogP contribution in [0.25, 0.3) is 5.57 Å². The molecule has 203 valence electrons. The molecule has 1 unspecified atom stereocenters. The van der Waals surface area contributed by atoms with Crippen molar-refractivity contribution < 1.29 is 19.1 Å². The Balaban J connectivity index is 1.48. The monoisotopic (exact) mass is 526 g/mol. The average molecular weight is 527 g/mol. The van der Waals surface area contributed by atoms with Gasteiger partial charge >= 0.3 is 0 Å². The van der Waals surface area contributed by atoms with E-state index in [9.17, 15) is 9.59 Å². The average Bonchev–Trinajstić information content (AvgIpc) is 3.34. The summed E-state index contributed by atoms with van der Waals surface area (Å²) >= 11 is 0. The lowest BCUT2D eigenvalue weighted by atomic mass is 9.99. The van der Waals surface area contributed by atoms with Crippen molar-refractivity contribution in [1.82, 2.24) is 15.5 Å². The largest absolute Gasteiger partial charge is 0.496 e. The van der Waals surface area contributed by atoms with Crippen LogP contribution < -0.4 is 20.1 Å². The highest BCUT2D eigenvalue weighted by Gasteiger charge is 2.24. The maximum atomic E-state index is 13.0. The molecule has 2 amide bonds. The first kappa shape index (κ1) is 27.8. The highest BCUT2D eigenvalue weighted by molar-refractivity contribution is 5.81. The summed E-state index contributed by atoms with van der Waals surface area (Å²) < 4.78 is 11.3. The molecule has 0 bridgehead atoms. The van der Waals surface area contributed by atoms with E-state index in [0.717, 1.165) is 22.4 Å². The zero-order valence-corrected chi connectivity index (χ0v) is 23.0. The summed E-state index contributed by atoms with van der Waals surface area (Å²) in [4.78, 5) is 27.5. The van der Waals surface area contributed by atoms with Crippen molar-refractivity contribution in [3.05, 3.63) is 95.7 Å². The topological polar surface area (TPSA) is 82.0 Å². The predicted molar refractivity (Wildman–Crippen MR) is 153 cm³/mol. The van der Waals surface area contributed by atoms with Crippen LogP contribution in [-0.4, -0.2) is 43.0 Å². The summed E-state index contributed by atoms with van der Waals surface area (Å²) in [5, 5.41) is 7.62. The van der Waals surface area contributed by atoms with Crippen LogP contribution in [0.1, 0.15) is 49.8 Å². The molecular formula is C32H36N3O4. The second kappa shape index (κ2) is 13.0. The van der Waals surface area contributed by atoms with E-state index < -0.39 is 0 Å². The number of rotatable bonds is 12. The van der Waals surface area contributed by atoms with Crippen LogP contribution in [0, 0.1) is 0 Å². The number of carbonyl (C=O) groups is 2. The zero-order chi connectivity index (χ0) is 27.8. The van der Waals surface area contributed by atoms with Crippen LogP contribution >= 0.6 is 0 Å². The van der Waals surface area contributed by atoms with Crippen LogP contribution in [0.5, 0.6) is 11.5 Å². The molecule has 0 saturated carbocycles. The van der Waals surface area contributed by atoms with E-state index in [4.69, 9.17) is 9.47 Å². The quantitative estimate of drug-likeness (QED) is 0.342. The van der Waals surface area contributed by atoms with Crippen molar-refractivity contribution >= 4 is 23.1 Å². The highest BCUT2D eigenvalue weighted by Crippen LogP contribution is 2.33. The number of hydrogen-bond donors (Lipinski definition) is 1. The fourth-order valence-corrected chi connectivity index (χ4v) is 4.64. The van der Waals surface area contributed by atoms with E-state index in [1.165, 1.54) is 12.5 Å². The molecule has 1 aliphatic rings. The van der Waals surface area contributed by atoms with E-state index in [1.54, 1.807) is 12.0 Å². The van der Waals surface area contributed by atoms with Gasteiger partial charge in [-0.2, -0.15) is 0 Å². The lowest BCUT2D eigenvalue weighted by Gasteiger charge is -2.28. The van der Waals surface area contributed by atoms with Crippen LogP contribution in [-0.2, 0) is 16.1 Å². The predicted octanol–water partition coefficient (Wildman–Crippen LogP) is 5.41. The van der Waals surface area contributed by atoms with Gasteiger partial charge in [0.05, 0.1) is 18.8 Å². The third kappa shape index (κ3) is 7.41. The van der Waals surface area contributed by atoms with Gasteiger partial charge in [-0.05, 0) is 47.7 Å². The Morgan fingerprint density at radius 3 is 2.41 bits per heavy atom. The first-order valence-corrected chi connectivity index (χ1v) is 13.2. The zero-order valence-electron chi connectivity index (χ0n) is 23.0. The normalized spacial score (nSPS) is 12.7. The van der Waals surface area contributed by atoms with E-state index in [-0.39, 0.29) is 24.5 Å². The second-order valence-corrected chi connectivity index (χ2v) is 9.99. The standard InChI is InChI=1S/C32H36N3O4/c1-22(2)24-13-15-28(16-14-24)39-21-32(37)34-27(17-26-18-33-30-11-7-6-10-29(26)30)20-35(23(3)36)19-25-9-5-8-12-31(25)38-4/h5-16,18,22,27H,17,19-21H2,1-4H3,(H,34,37). The number of methoxy groups -OCH3 is 1. The summed E-state index contributed by atoms with van der Waals surface area (Å²) in [7, 11) is 1.61. The fourth-order valence-electron chi connectivity index (χ4n) is 4.64. The summed E-state index contributed by atoms with van der Waals surface area (Å²) in [6.07, 6.45) is 2.36. The second-order valence-electron chi connectivity index (χ2n) is 9.99. The molecule has 1 heterocycles. The van der Waals surface area contributed by atoms with Gasteiger partial charge in [0.25, 0.3) is 5.91 Å². The smallest absolute Gasteiger partial charge is 0.258 e. The third-order valence-corrected chi connectivity index (χ3v) is 6.80. The van der Waals surface area contributed by atoms with Gasteiger partial charge in [0.1, 0.15) is 11.5 Å². The lowest BCUT2D eigenvalue weighted by Crippen LogP contribution is -2.46. The van der Waals surface area contributed by atoms with Crippen LogP contribution in [0.3, 0.4) is 0 Å². The fraction of sp³-hybridized carbons (Fsp3) is 0.312. The van der Waals surface area contributed by atoms with Crippen molar-refractivity contribution in [3.8, 4) is 11.5 Å². The van der Waals surface area contributed by atoms with Gasteiger partial charge in [-0.3, -0.25) is 14.9 Å². The molecule has 39 heavy (non-hydrogen) atoms. The molecule has 3 aromatic rings. The van der Waals surface area contributed by atoms with Gasteiger partial charge in [-0.1, -0.05) is 62.4 Å². The van der Waals surface area contributed by atoms with E-state index in [1.807, 2.05) is 79.0 Å². The number of nitrogens with one attached hydrogen (secondary N) is 1. The van der Waals surface area contributed by atoms with Crippen molar-refractivity contribution in [1.29, 1.82) is 0 Å². The van der Waals surface area contributed by atoms with Crippen molar-refractivity contribution in [2.24, 2.45) is 0 Å². The molecule has 1 aliphatic heterocycles. The van der Waals surface area contributed by atoms with Gasteiger partial charge < -0.3 is 19.7 Å². The highest BCUT2D eigenvalue weighted by atomic mass is 16.5. The number of benzene rings is 3. The molecule has 0 fully saturated rings. The Morgan fingerprint density at radius 1 is 0.974 bits per heavy atom. The maximum absolute atomic E-state index is 13.0. The molecule has 4 rings (SSSR count). The van der Waals surface area contributed by atoms with Gasteiger partial charge in [0, 0.05) is 37.3 Å². The number of fused-ring (bicyclic) bond motifs is 1. The van der Waals surface area contributed by atoms with Crippen LogP contribution in [0.2, 0.25) is 0 Å². The minimum atomic E-state index is -0.351. The van der Waals surface area contributed by atoms with E-state index >= 15 is 0 Å². The molecule has 0 aromatic heterocycles. The first-order valence-electron chi connectivity index (χ1n) is 13.2. The van der Waals surface area contributed by atoms with Crippen molar-refractivity contribution in [3.63, 3.8) is 0 Å². The Labute approximate surface area is 230 Å². The van der Waals surface area contributed by atoms with Gasteiger partial charge in [0.15, 0.2) is 6.61 Å². The number of nitrogens with zero attached hydrogens (tertiary/aromatic N) is 2. The van der Waals surface area contributed by atoms with Crippen molar-refractivity contribution in [2.45, 2.75) is 45.7 Å². The summed E-state index contributed by atoms with van der Waals surface area (Å²) in [6.45, 7) is 6.37. The molecule has 7 nitrogen and oxygen atoms in total. The molecule has 1 atom stereocenters. The summed E-state index contributed by atoms with van der Waals surface area (Å²) in [5.41, 5.74) is 5.07. The minimum Gasteiger partial charge on any atom is -0.496 e. The Morgan fingerprint density at radius 2 is 1.69 bits per heavy atom. The Hall–Kier alpha value is -4.26. The maximum Gasteiger partial charge on any atom is 0.258 e. The number of para-hydroxylation sites is 2. The number of carbonyl (C=O) groups excluding carboxylic acids is 2. The van der Waals surface area contributed by atoms with Gasteiger partial charge in [-0.25, -0.2) is 0 Å². The number of hydrogen-bond acceptors (Lipinski definition) is 4. The molecule has 0 aliphatic carbocycles. The van der Waals surface area contributed by atoms with Gasteiger partial charge in [0.2, 0.25) is 5.91 Å². The minimum absolute atomic E-state index is 0.0906.